The second-order valence-corrected chi connectivity index (χ2v) is 5.18. The summed E-state index contributed by atoms with van der Waals surface area (Å²) in [5.41, 5.74) is 2.10. The largest absolute Gasteiger partial charge is 0.306 e. The zero-order valence-corrected chi connectivity index (χ0v) is 11.9. The minimum Gasteiger partial charge on any atom is -0.306 e. The van der Waals surface area contributed by atoms with Gasteiger partial charge in [0.2, 0.25) is 0 Å². The van der Waals surface area contributed by atoms with Crippen molar-refractivity contribution in [3.05, 3.63) is 77.9 Å². The molecule has 1 N–H and O–H groups in total. The number of benzene rings is 2. The van der Waals surface area contributed by atoms with Crippen LogP contribution in [0.4, 0.5) is 4.39 Å². The first-order valence-corrected chi connectivity index (χ1v) is 7.04. The summed E-state index contributed by atoms with van der Waals surface area (Å²) in [7, 11) is 0. The average molecular weight is 280 g/mol. The number of rotatable bonds is 4. The maximum Gasteiger partial charge on any atom is 0.123 e. The minimum absolute atomic E-state index is 0.0830. The Balaban J connectivity index is 1.77. The summed E-state index contributed by atoms with van der Waals surface area (Å²) in [5.74, 6) is -0.201. The Hall–Kier alpha value is -2.26. The van der Waals surface area contributed by atoms with E-state index in [0.717, 1.165) is 16.5 Å². The Morgan fingerprint density at radius 3 is 2.81 bits per heavy atom. The summed E-state index contributed by atoms with van der Waals surface area (Å²) in [4.78, 5) is 4.28. The fourth-order valence-electron chi connectivity index (χ4n) is 2.48. The van der Waals surface area contributed by atoms with E-state index >= 15 is 0 Å². The molecule has 3 heteroatoms. The monoisotopic (exact) mass is 280 g/mol. The molecule has 0 radical (unpaired) electrons. The molecule has 1 heterocycles. The Bertz CT molecular complexity index is 750. The van der Waals surface area contributed by atoms with Crippen LogP contribution in [0.2, 0.25) is 0 Å². The molecule has 106 valence electrons. The molecule has 2 aromatic carbocycles. The molecule has 0 bridgehead atoms. The molecule has 0 aliphatic carbocycles. The van der Waals surface area contributed by atoms with Gasteiger partial charge in [-0.3, -0.25) is 4.98 Å². The van der Waals surface area contributed by atoms with Crippen LogP contribution in [-0.2, 0) is 6.54 Å². The molecule has 0 spiro atoms. The summed E-state index contributed by atoms with van der Waals surface area (Å²) < 4.78 is 13.3. The number of aromatic nitrogens is 1. The molecule has 0 aliphatic rings. The van der Waals surface area contributed by atoms with Crippen molar-refractivity contribution in [3.63, 3.8) is 0 Å². The highest BCUT2D eigenvalue weighted by Gasteiger charge is 2.07. The molecular weight excluding hydrogens is 263 g/mol. The van der Waals surface area contributed by atoms with Crippen LogP contribution in [0.3, 0.4) is 0 Å². The minimum atomic E-state index is -0.201. The Labute approximate surface area is 123 Å². The lowest BCUT2D eigenvalue weighted by Gasteiger charge is -2.15. The van der Waals surface area contributed by atoms with Gasteiger partial charge in [0, 0.05) is 30.4 Å². The van der Waals surface area contributed by atoms with Gasteiger partial charge in [0.1, 0.15) is 5.82 Å². The topological polar surface area (TPSA) is 24.9 Å². The normalized spacial score (nSPS) is 12.5. The highest BCUT2D eigenvalue weighted by atomic mass is 19.1. The van der Waals surface area contributed by atoms with Gasteiger partial charge in [-0.15, -0.1) is 0 Å². The highest BCUT2D eigenvalue weighted by Crippen LogP contribution is 2.19. The summed E-state index contributed by atoms with van der Waals surface area (Å²) >= 11 is 0. The molecule has 0 saturated carbocycles. The lowest BCUT2D eigenvalue weighted by atomic mass is 10.1. The van der Waals surface area contributed by atoms with Crippen molar-refractivity contribution >= 4 is 10.8 Å². The number of nitrogens with one attached hydrogen (secondary N) is 1. The molecular formula is C18H17FN2. The predicted molar refractivity (Wildman–Crippen MR) is 83.4 cm³/mol. The van der Waals surface area contributed by atoms with Crippen LogP contribution in [0, 0.1) is 5.82 Å². The third-order valence-corrected chi connectivity index (χ3v) is 3.70. The molecule has 21 heavy (non-hydrogen) atoms. The van der Waals surface area contributed by atoms with Crippen molar-refractivity contribution in [1.82, 2.24) is 10.3 Å². The van der Waals surface area contributed by atoms with Crippen LogP contribution >= 0.6 is 0 Å². The molecule has 0 fully saturated rings. The third kappa shape index (κ3) is 3.09. The van der Waals surface area contributed by atoms with Crippen LogP contribution in [0.25, 0.3) is 10.8 Å². The molecule has 0 aliphatic heterocycles. The maximum atomic E-state index is 13.3. The van der Waals surface area contributed by atoms with Crippen molar-refractivity contribution < 1.29 is 4.39 Å². The van der Waals surface area contributed by atoms with Gasteiger partial charge >= 0.3 is 0 Å². The number of hydrogen-bond donors (Lipinski definition) is 1. The fraction of sp³-hybridized carbons (Fsp3) is 0.167. The van der Waals surface area contributed by atoms with E-state index in [1.165, 1.54) is 11.5 Å². The SMILES string of the molecule is CC(NCc1cncc2ccccc12)c1cccc(F)c1. The Morgan fingerprint density at radius 1 is 1.10 bits per heavy atom. The summed E-state index contributed by atoms with van der Waals surface area (Å²) in [6.07, 6.45) is 3.75. The Morgan fingerprint density at radius 2 is 1.95 bits per heavy atom. The molecule has 0 amide bonds. The van der Waals surface area contributed by atoms with E-state index in [-0.39, 0.29) is 11.9 Å². The first-order valence-electron chi connectivity index (χ1n) is 7.04. The highest BCUT2D eigenvalue weighted by molar-refractivity contribution is 5.84. The van der Waals surface area contributed by atoms with Crippen LogP contribution in [-0.4, -0.2) is 4.98 Å². The van der Waals surface area contributed by atoms with Crippen LogP contribution in [0.5, 0.6) is 0 Å². The van der Waals surface area contributed by atoms with E-state index in [1.807, 2.05) is 37.5 Å². The van der Waals surface area contributed by atoms with E-state index in [2.05, 4.69) is 22.4 Å². The van der Waals surface area contributed by atoms with Crippen molar-refractivity contribution in [2.45, 2.75) is 19.5 Å². The number of halogens is 1. The number of hydrogen-bond acceptors (Lipinski definition) is 2. The van der Waals surface area contributed by atoms with Crippen LogP contribution in [0.1, 0.15) is 24.1 Å². The predicted octanol–water partition coefficient (Wildman–Crippen LogP) is 4.22. The second kappa shape index (κ2) is 6.02. The van der Waals surface area contributed by atoms with Gasteiger partial charge in [-0.05, 0) is 35.6 Å². The van der Waals surface area contributed by atoms with Gasteiger partial charge in [0.25, 0.3) is 0 Å². The first-order chi connectivity index (χ1) is 10.2. The Kier molecular flexibility index (Phi) is 3.93. The van der Waals surface area contributed by atoms with Gasteiger partial charge in [-0.25, -0.2) is 4.39 Å². The van der Waals surface area contributed by atoms with Crippen molar-refractivity contribution in [3.8, 4) is 0 Å². The van der Waals surface area contributed by atoms with E-state index in [9.17, 15) is 4.39 Å². The zero-order chi connectivity index (χ0) is 14.7. The number of fused-ring (bicyclic) bond motifs is 1. The summed E-state index contributed by atoms with van der Waals surface area (Å²) in [5, 5.41) is 5.76. The lowest BCUT2D eigenvalue weighted by Crippen LogP contribution is -2.18. The van der Waals surface area contributed by atoms with Crippen molar-refractivity contribution in [2.24, 2.45) is 0 Å². The lowest BCUT2D eigenvalue weighted by molar-refractivity contribution is 0.566. The van der Waals surface area contributed by atoms with E-state index in [0.29, 0.717) is 6.54 Å². The van der Waals surface area contributed by atoms with Gasteiger partial charge in [-0.2, -0.15) is 0 Å². The van der Waals surface area contributed by atoms with Crippen molar-refractivity contribution in [2.75, 3.05) is 0 Å². The van der Waals surface area contributed by atoms with E-state index in [4.69, 9.17) is 0 Å². The third-order valence-electron chi connectivity index (χ3n) is 3.70. The van der Waals surface area contributed by atoms with Gasteiger partial charge in [0.15, 0.2) is 0 Å². The zero-order valence-electron chi connectivity index (χ0n) is 11.9. The maximum absolute atomic E-state index is 13.3. The average Bonchev–Trinajstić information content (AvgIpc) is 2.52. The number of pyridine rings is 1. The first kappa shape index (κ1) is 13.7. The molecule has 3 aromatic rings. The molecule has 2 nitrogen and oxygen atoms in total. The van der Waals surface area contributed by atoms with Crippen LogP contribution < -0.4 is 5.32 Å². The van der Waals surface area contributed by atoms with Gasteiger partial charge < -0.3 is 5.32 Å². The summed E-state index contributed by atoms with van der Waals surface area (Å²) in [6, 6.07) is 15.0. The van der Waals surface area contributed by atoms with Gasteiger partial charge in [-0.1, -0.05) is 36.4 Å². The molecule has 1 unspecified atom stereocenters. The molecule has 1 atom stereocenters. The quantitative estimate of drug-likeness (QED) is 0.773. The molecule has 0 saturated heterocycles. The standard InChI is InChI=1S/C18H17FN2/c1-13(14-6-4-7-17(19)9-14)21-12-16-11-20-10-15-5-2-3-8-18(15)16/h2-11,13,21H,12H2,1H3. The van der Waals surface area contributed by atoms with Crippen LogP contribution in [0.15, 0.2) is 60.9 Å². The van der Waals surface area contributed by atoms with E-state index in [1.54, 1.807) is 12.1 Å². The fourth-order valence-corrected chi connectivity index (χ4v) is 2.48. The summed E-state index contributed by atoms with van der Waals surface area (Å²) in [6.45, 7) is 2.74. The van der Waals surface area contributed by atoms with Gasteiger partial charge in [0.05, 0.1) is 0 Å². The number of nitrogens with zero attached hydrogens (tertiary/aromatic N) is 1. The van der Waals surface area contributed by atoms with E-state index < -0.39 is 0 Å². The molecule has 3 rings (SSSR count). The molecule has 1 aromatic heterocycles. The second-order valence-electron chi connectivity index (χ2n) is 5.18. The smallest absolute Gasteiger partial charge is 0.123 e. The van der Waals surface area contributed by atoms with Crippen molar-refractivity contribution in [1.29, 1.82) is 0 Å².